The summed E-state index contributed by atoms with van der Waals surface area (Å²) in [7, 11) is 1.58. The fourth-order valence-electron chi connectivity index (χ4n) is 6.11. The summed E-state index contributed by atoms with van der Waals surface area (Å²) < 4.78 is 12.3. The number of Topliss-reactive ketones (excluding diaryl/α,β-unsaturated/α-hetero) is 2. The Hall–Kier alpha value is -3.81. The second kappa shape index (κ2) is 8.89. The van der Waals surface area contributed by atoms with E-state index in [1.165, 1.54) is 6.20 Å². The molecular weight excluding hydrogens is 482 g/mol. The standard InChI is InChI=1S/C30H33N3O5/c1-15-16(17-9-10-32-28(33-17)27(31)36)7-8-20(37-6)23(15)26-24-18(34)11-29(2,3)13-21(24)38-22-14-30(4,5)12-19(35)25(22)26/h7-10,26H,11-14H2,1-6H3,(H2,31,36). The molecule has 38 heavy (non-hydrogen) atoms. The third-order valence-corrected chi connectivity index (χ3v) is 7.72. The number of rotatable bonds is 4. The number of primary amides is 1. The average molecular weight is 516 g/mol. The Morgan fingerprint density at radius 3 is 2.08 bits per heavy atom. The van der Waals surface area contributed by atoms with Crippen LogP contribution in [0.25, 0.3) is 11.3 Å². The van der Waals surface area contributed by atoms with E-state index in [2.05, 4.69) is 37.7 Å². The van der Waals surface area contributed by atoms with Crippen LogP contribution in [0.2, 0.25) is 0 Å². The largest absolute Gasteiger partial charge is 0.496 e. The Bertz CT molecular complexity index is 1410. The average Bonchev–Trinajstić information content (AvgIpc) is 2.81. The van der Waals surface area contributed by atoms with Crippen molar-refractivity contribution in [2.24, 2.45) is 16.6 Å². The van der Waals surface area contributed by atoms with Crippen molar-refractivity contribution in [3.63, 3.8) is 0 Å². The van der Waals surface area contributed by atoms with E-state index in [-0.39, 0.29) is 28.2 Å². The molecule has 5 rings (SSSR count). The third-order valence-electron chi connectivity index (χ3n) is 7.72. The zero-order valence-corrected chi connectivity index (χ0v) is 22.7. The van der Waals surface area contributed by atoms with E-state index in [1.54, 1.807) is 13.2 Å². The van der Waals surface area contributed by atoms with Crippen molar-refractivity contribution in [1.29, 1.82) is 0 Å². The number of allylic oxidation sites excluding steroid dienone is 4. The topological polar surface area (TPSA) is 121 Å². The van der Waals surface area contributed by atoms with Gasteiger partial charge in [-0.3, -0.25) is 14.4 Å². The fourth-order valence-corrected chi connectivity index (χ4v) is 6.11. The van der Waals surface area contributed by atoms with Gasteiger partial charge in [-0.1, -0.05) is 27.7 Å². The van der Waals surface area contributed by atoms with Gasteiger partial charge in [0.25, 0.3) is 5.91 Å². The van der Waals surface area contributed by atoms with E-state index in [9.17, 15) is 14.4 Å². The van der Waals surface area contributed by atoms with Gasteiger partial charge in [-0.2, -0.15) is 0 Å². The molecule has 0 unspecified atom stereocenters. The summed E-state index contributed by atoms with van der Waals surface area (Å²) >= 11 is 0. The molecule has 2 aliphatic carbocycles. The second-order valence-electron chi connectivity index (χ2n) is 12.1. The van der Waals surface area contributed by atoms with Crippen molar-refractivity contribution in [2.75, 3.05) is 7.11 Å². The van der Waals surface area contributed by atoms with E-state index >= 15 is 0 Å². The highest BCUT2D eigenvalue weighted by molar-refractivity contribution is 6.06. The molecule has 1 amide bonds. The van der Waals surface area contributed by atoms with Gasteiger partial charge < -0.3 is 15.2 Å². The Morgan fingerprint density at radius 2 is 1.55 bits per heavy atom. The first kappa shape index (κ1) is 25.8. The number of aromatic nitrogens is 2. The van der Waals surface area contributed by atoms with Crippen LogP contribution in [0.3, 0.4) is 0 Å². The number of amides is 1. The maximum atomic E-state index is 13.7. The number of nitrogens with zero attached hydrogens (tertiary/aromatic N) is 2. The second-order valence-corrected chi connectivity index (χ2v) is 12.1. The van der Waals surface area contributed by atoms with Gasteiger partial charge in [0.1, 0.15) is 17.3 Å². The van der Waals surface area contributed by atoms with Crippen molar-refractivity contribution in [3.05, 3.63) is 64.0 Å². The van der Waals surface area contributed by atoms with Crippen LogP contribution in [0, 0.1) is 17.8 Å². The lowest BCUT2D eigenvalue weighted by atomic mass is 9.65. The van der Waals surface area contributed by atoms with Crippen LogP contribution in [0.15, 0.2) is 47.1 Å². The molecule has 8 nitrogen and oxygen atoms in total. The van der Waals surface area contributed by atoms with Crippen LogP contribution in [-0.2, 0) is 14.3 Å². The number of ether oxygens (including phenoxy) is 2. The molecule has 0 spiro atoms. The molecule has 3 aliphatic rings. The minimum absolute atomic E-state index is 0.0182. The smallest absolute Gasteiger partial charge is 0.286 e. The van der Waals surface area contributed by atoms with Crippen LogP contribution in [-0.4, -0.2) is 34.6 Å². The van der Waals surface area contributed by atoms with Gasteiger partial charge in [0.2, 0.25) is 5.82 Å². The molecule has 0 atom stereocenters. The van der Waals surface area contributed by atoms with Gasteiger partial charge in [0.15, 0.2) is 11.6 Å². The highest BCUT2D eigenvalue weighted by Gasteiger charge is 2.49. The maximum Gasteiger partial charge on any atom is 0.286 e. The first-order valence-corrected chi connectivity index (χ1v) is 12.8. The number of methoxy groups -OCH3 is 1. The highest BCUT2D eigenvalue weighted by atomic mass is 16.5. The SMILES string of the molecule is COc1ccc(-c2ccnc(C(N)=O)n2)c(C)c1C1C2=C(CC(C)(C)CC2=O)OC2=C1C(=O)CC(C)(C)C2. The molecule has 2 heterocycles. The number of carbonyl (C=O) groups excluding carboxylic acids is 3. The van der Waals surface area contributed by atoms with Gasteiger partial charge in [-0.05, 0) is 41.5 Å². The number of nitrogens with two attached hydrogens (primary N) is 1. The van der Waals surface area contributed by atoms with E-state index in [0.29, 0.717) is 59.8 Å². The molecule has 0 saturated heterocycles. The predicted octanol–water partition coefficient (Wildman–Crippen LogP) is 4.96. The summed E-state index contributed by atoms with van der Waals surface area (Å²) in [6.07, 6.45) is 3.42. The van der Waals surface area contributed by atoms with Gasteiger partial charge in [-0.15, -0.1) is 0 Å². The summed E-state index contributed by atoms with van der Waals surface area (Å²) in [4.78, 5) is 47.6. The van der Waals surface area contributed by atoms with Crippen molar-refractivity contribution in [3.8, 4) is 17.0 Å². The highest BCUT2D eigenvalue weighted by Crippen LogP contribution is 2.55. The van der Waals surface area contributed by atoms with Crippen LogP contribution < -0.4 is 10.5 Å². The number of hydrogen-bond donors (Lipinski definition) is 1. The summed E-state index contributed by atoms with van der Waals surface area (Å²) in [5.74, 6) is 0.388. The molecule has 1 aromatic heterocycles. The molecule has 1 aliphatic heterocycles. The lowest BCUT2D eigenvalue weighted by molar-refractivity contribution is -0.120. The fraction of sp³-hybridized carbons (Fsp3) is 0.433. The molecule has 2 aromatic rings. The Labute approximate surface area is 222 Å². The number of ketones is 2. The van der Waals surface area contributed by atoms with Crippen LogP contribution in [0.5, 0.6) is 5.75 Å². The predicted molar refractivity (Wildman–Crippen MR) is 141 cm³/mol. The summed E-state index contributed by atoms with van der Waals surface area (Å²) in [5.41, 5.74) is 8.76. The first-order chi connectivity index (χ1) is 17.8. The minimum atomic E-state index is -0.724. The Morgan fingerprint density at radius 1 is 0.974 bits per heavy atom. The van der Waals surface area contributed by atoms with Crippen molar-refractivity contribution < 1.29 is 23.9 Å². The van der Waals surface area contributed by atoms with Crippen LogP contribution in [0.4, 0.5) is 0 Å². The summed E-state index contributed by atoms with van der Waals surface area (Å²) in [6.45, 7) is 10.2. The van der Waals surface area contributed by atoms with Crippen LogP contribution >= 0.6 is 0 Å². The molecule has 0 radical (unpaired) electrons. The molecule has 0 fully saturated rings. The van der Waals surface area contributed by atoms with E-state index in [1.807, 2.05) is 19.1 Å². The molecule has 2 N–H and O–H groups in total. The normalized spacial score (nSPS) is 20.6. The van der Waals surface area contributed by atoms with E-state index in [0.717, 1.165) is 16.7 Å². The summed E-state index contributed by atoms with van der Waals surface area (Å²) in [6, 6.07) is 5.37. The molecule has 0 saturated carbocycles. The van der Waals surface area contributed by atoms with E-state index in [4.69, 9.17) is 15.2 Å². The maximum absolute atomic E-state index is 13.7. The number of hydrogen-bond acceptors (Lipinski definition) is 7. The van der Waals surface area contributed by atoms with Gasteiger partial charge in [0, 0.05) is 54.2 Å². The number of benzene rings is 1. The summed E-state index contributed by atoms with van der Waals surface area (Å²) in [5, 5.41) is 0. The van der Waals surface area contributed by atoms with Crippen molar-refractivity contribution in [2.45, 2.75) is 66.2 Å². The minimum Gasteiger partial charge on any atom is -0.496 e. The lowest BCUT2D eigenvalue weighted by Crippen LogP contribution is -2.38. The molecule has 1 aromatic carbocycles. The van der Waals surface area contributed by atoms with Gasteiger partial charge in [0.05, 0.1) is 18.7 Å². The van der Waals surface area contributed by atoms with Crippen LogP contribution in [0.1, 0.15) is 81.0 Å². The monoisotopic (exact) mass is 515 g/mol. The van der Waals surface area contributed by atoms with Gasteiger partial charge >= 0.3 is 0 Å². The molecule has 198 valence electrons. The van der Waals surface area contributed by atoms with E-state index < -0.39 is 11.8 Å². The Balaban J connectivity index is 1.79. The number of carbonyl (C=O) groups is 3. The molecule has 0 bridgehead atoms. The zero-order valence-electron chi connectivity index (χ0n) is 22.7. The first-order valence-electron chi connectivity index (χ1n) is 12.8. The van der Waals surface area contributed by atoms with Crippen molar-refractivity contribution >= 4 is 17.5 Å². The van der Waals surface area contributed by atoms with Gasteiger partial charge in [-0.25, -0.2) is 9.97 Å². The molecule has 8 heteroatoms. The molecular formula is C30H33N3O5. The quantitative estimate of drug-likeness (QED) is 0.611. The Kier molecular flexibility index (Phi) is 6.04. The zero-order chi connectivity index (χ0) is 27.6. The lowest BCUT2D eigenvalue weighted by Gasteiger charge is -2.43. The van der Waals surface area contributed by atoms with Crippen molar-refractivity contribution in [1.82, 2.24) is 9.97 Å². The third kappa shape index (κ3) is 4.31.